The average Bonchev–Trinajstić information content (AvgIpc) is 2.47. The van der Waals surface area contributed by atoms with Gasteiger partial charge in [-0.05, 0) is 44.3 Å². The zero-order chi connectivity index (χ0) is 15.5. The summed E-state index contributed by atoms with van der Waals surface area (Å²) < 4.78 is 0. The normalized spacial score (nSPS) is 19.3. The zero-order valence-corrected chi connectivity index (χ0v) is 13.8. The van der Waals surface area contributed by atoms with Gasteiger partial charge in [0.25, 0.3) is 0 Å². The van der Waals surface area contributed by atoms with Crippen LogP contribution in [0.5, 0.6) is 0 Å². The standard InChI is InChI=1S/C18H28N2O/c1-14-7-5-8-15(11-14)13-20(4)17(21)18(2,3)16-9-6-10-19-12-16/h5,7-8,11,16,19H,6,9-10,12-13H2,1-4H3. The number of carbonyl (C=O) groups is 1. The highest BCUT2D eigenvalue weighted by Crippen LogP contribution is 2.33. The fraction of sp³-hybridized carbons (Fsp3) is 0.611. The minimum atomic E-state index is -0.300. The SMILES string of the molecule is Cc1cccc(CN(C)C(=O)C(C)(C)C2CCCNC2)c1. The van der Waals surface area contributed by atoms with Crippen LogP contribution in [0.2, 0.25) is 0 Å². The first-order valence-corrected chi connectivity index (χ1v) is 7.93. The van der Waals surface area contributed by atoms with E-state index in [0.717, 1.165) is 19.5 Å². The second-order valence-corrected chi connectivity index (χ2v) is 6.92. The van der Waals surface area contributed by atoms with Crippen LogP contribution in [0, 0.1) is 18.3 Å². The predicted molar refractivity (Wildman–Crippen MR) is 87.0 cm³/mol. The molecule has 1 atom stereocenters. The average molecular weight is 288 g/mol. The maximum Gasteiger partial charge on any atom is 0.228 e. The van der Waals surface area contributed by atoms with Gasteiger partial charge in [0.05, 0.1) is 0 Å². The highest BCUT2D eigenvalue weighted by molar-refractivity contribution is 5.82. The molecule has 1 N–H and O–H groups in total. The number of nitrogens with one attached hydrogen (secondary N) is 1. The minimum Gasteiger partial charge on any atom is -0.341 e. The Balaban J connectivity index is 2.03. The molecule has 0 radical (unpaired) electrons. The maximum absolute atomic E-state index is 12.9. The lowest BCUT2D eigenvalue weighted by molar-refractivity contribution is -0.143. The molecule has 0 bridgehead atoms. The van der Waals surface area contributed by atoms with Crippen molar-refractivity contribution in [2.24, 2.45) is 11.3 Å². The lowest BCUT2D eigenvalue weighted by atomic mass is 9.74. The first-order chi connectivity index (χ1) is 9.91. The Morgan fingerprint density at radius 2 is 2.19 bits per heavy atom. The molecule has 21 heavy (non-hydrogen) atoms. The maximum atomic E-state index is 12.9. The van der Waals surface area contributed by atoms with Crippen LogP contribution in [0.4, 0.5) is 0 Å². The Morgan fingerprint density at radius 3 is 2.81 bits per heavy atom. The summed E-state index contributed by atoms with van der Waals surface area (Å²) in [5.74, 6) is 0.677. The van der Waals surface area contributed by atoms with Crippen molar-refractivity contribution in [3.8, 4) is 0 Å². The lowest BCUT2D eigenvalue weighted by Crippen LogP contribution is -2.47. The van der Waals surface area contributed by atoms with Crippen LogP contribution in [0.1, 0.15) is 37.8 Å². The quantitative estimate of drug-likeness (QED) is 0.924. The van der Waals surface area contributed by atoms with E-state index in [2.05, 4.69) is 50.4 Å². The van der Waals surface area contributed by atoms with Gasteiger partial charge in [0.1, 0.15) is 0 Å². The van der Waals surface area contributed by atoms with Crippen molar-refractivity contribution in [3.05, 3.63) is 35.4 Å². The van der Waals surface area contributed by atoms with Crippen molar-refractivity contribution in [1.82, 2.24) is 10.2 Å². The van der Waals surface area contributed by atoms with Crippen molar-refractivity contribution in [2.45, 2.75) is 40.2 Å². The summed E-state index contributed by atoms with van der Waals surface area (Å²) in [7, 11) is 1.92. The molecule has 1 aliphatic heterocycles. The van der Waals surface area contributed by atoms with Gasteiger partial charge in [0.15, 0.2) is 0 Å². The van der Waals surface area contributed by atoms with Crippen LogP contribution in [-0.2, 0) is 11.3 Å². The molecule has 0 aliphatic carbocycles. The van der Waals surface area contributed by atoms with Crippen LogP contribution in [0.25, 0.3) is 0 Å². The molecule has 1 saturated heterocycles. The van der Waals surface area contributed by atoms with Crippen molar-refractivity contribution >= 4 is 5.91 Å². The van der Waals surface area contributed by atoms with E-state index in [-0.39, 0.29) is 11.3 Å². The second-order valence-electron chi connectivity index (χ2n) is 6.92. The molecule has 3 nitrogen and oxygen atoms in total. The Morgan fingerprint density at radius 1 is 1.43 bits per heavy atom. The van der Waals surface area contributed by atoms with Crippen molar-refractivity contribution in [1.29, 1.82) is 0 Å². The largest absolute Gasteiger partial charge is 0.341 e. The minimum absolute atomic E-state index is 0.248. The highest BCUT2D eigenvalue weighted by Gasteiger charge is 2.38. The summed E-state index contributed by atoms with van der Waals surface area (Å²) in [5.41, 5.74) is 2.14. The molecule has 2 rings (SSSR count). The van der Waals surface area contributed by atoms with Gasteiger partial charge in [-0.3, -0.25) is 4.79 Å². The van der Waals surface area contributed by atoms with Gasteiger partial charge in [0.2, 0.25) is 5.91 Å². The summed E-state index contributed by atoms with van der Waals surface area (Å²) in [4.78, 5) is 14.7. The van der Waals surface area contributed by atoms with Crippen molar-refractivity contribution in [3.63, 3.8) is 0 Å². The number of carbonyl (C=O) groups excluding carboxylic acids is 1. The molecule has 0 spiro atoms. The summed E-state index contributed by atoms with van der Waals surface area (Å²) in [5, 5.41) is 3.42. The fourth-order valence-corrected chi connectivity index (χ4v) is 3.29. The second kappa shape index (κ2) is 6.61. The van der Waals surface area contributed by atoms with Crippen molar-refractivity contribution in [2.75, 3.05) is 20.1 Å². The molecule has 116 valence electrons. The van der Waals surface area contributed by atoms with Gasteiger partial charge in [-0.2, -0.15) is 0 Å². The molecule has 1 heterocycles. The van der Waals surface area contributed by atoms with E-state index in [4.69, 9.17) is 0 Å². The van der Waals surface area contributed by atoms with Gasteiger partial charge in [-0.15, -0.1) is 0 Å². The molecule has 0 saturated carbocycles. The monoisotopic (exact) mass is 288 g/mol. The number of piperidine rings is 1. The van der Waals surface area contributed by atoms with E-state index >= 15 is 0 Å². The van der Waals surface area contributed by atoms with E-state index < -0.39 is 0 Å². The number of benzene rings is 1. The van der Waals surface area contributed by atoms with E-state index in [0.29, 0.717) is 12.5 Å². The Kier molecular flexibility index (Phi) is 5.04. The third-order valence-electron chi connectivity index (χ3n) is 4.72. The van der Waals surface area contributed by atoms with Gasteiger partial charge >= 0.3 is 0 Å². The summed E-state index contributed by atoms with van der Waals surface area (Å²) in [6.45, 7) is 9.00. The van der Waals surface area contributed by atoms with Crippen LogP contribution in [0.3, 0.4) is 0 Å². The first kappa shape index (κ1) is 16.0. The molecular formula is C18H28N2O. The summed E-state index contributed by atoms with van der Waals surface area (Å²) >= 11 is 0. The van der Waals surface area contributed by atoms with E-state index in [9.17, 15) is 4.79 Å². The molecule has 0 aromatic heterocycles. The van der Waals surface area contributed by atoms with Crippen LogP contribution in [-0.4, -0.2) is 30.9 Å². The molecule has 1 aromatic rings. The number of aryl methyl sites for hydroxylation is 1. The molecular weight excluding hydrogens is 260 g/mol. The third-order valence-corrected chi connectivity index (χ3v) is 4.72. The summed E-state index contributed by atoms with van der Waals surface area (Å²) in [6.07, 6.45) is 2.31. The number of nitrogens with zero attached hydrogens (tertiary/aromatic N) is 1. The van der Waals surface area contributed by atoms with Crippen LogP contribution >= 0.6 is 0 Å². The van der Waals surface area contributed by atoms with Crippen molar-refractivity contribution < 1.29 is 4.79 Å². The highest BCUT2D eigenvalue weighted by atomic mass is 16.2. The number of amides is 1. The lowest BCUT2D eigenvalue weighted by Gasteiger charge is -2.38. The number of hydrogen-bond acceptors (Lipinski definition) is 2. The fourth-order valence-electron chi connectivity index (χ4n) is 3.29. The summed E-state index contributed by atoms with van der Waals surface area (Å²) in [6, 6.07) is 8.38. The third kappa shape index (κ3) is 3.85. The molecule has 3 heteroatoms. The van der Waals surface area contributed by atoms with Crippen LogP contribution in [0.15, 0.2) is 24.3 Å². The molecule has 1 aromatic carbocycles. The molecule has 1 fully saturated rings. The number of hydrogen-bond donors (Lipinski definition) is 1. The van der Waals surface area contributed by atoms with Gasteiger partial charge in [-0.1, -0.05) is 43.7 Å². The molecule has 1 amide bonds. The van der Waals surface area contributed by atoms with E-state index in [1.807, 2.05) is 11.9 Å². The van der Waals surface area contributed by atoms with Crippen LogP contribution < -0.4 is 5.32 Å². The van der Waals surface area contributed by atoms with E-state index in [1.54, 1.807) is 0 Å². The number of rotatable bonds is 4. The van der Waals surface area contributed by atoms with Gasteiger partial charge in [-0.25, -0.2) is 0 Å². The topological polar surface area (TPSA) is 32.3 Å². The Labute approximate surface area is 128 Å². The Bertz CT molecular complexity index is 490. The molecule has 1 aliphatic rings. The first-order valence-electron chi connectivity index (χ1n) is 7.93. The van der Waals surface area contributed by atoms with E-state index in [1.165, 1.54) is 17.5 Å². The van der Waals surface area contributed by atoms with Gasteiger partial charge < -0.3 is 10.2 Å². The zero-order valence-electron chi connectivity index (χ0n) is 13.8. The Hall–Kier alpha value is -1.35. The smallest absolute Gasteiger partial charge is 0.228 e. The molecule has 1 unspecified atom stereocenters. The predicted octanol–water partition coefficient (Wildman–Crippen LogP) is 2.98. The van der Waals surface area contributed by atoms with Gasteiger partial charge in [0, 0.05) is 19.0 Å².